The van der Waals surface area contributed by atoms with Crippen LogP contribution in [0.4, 0.5) is 0 Å². The average Bonchev–Trinajstić information content (AvgIpc) is 2.66. The summed E-state index contributed by atoms with van der Waals surface area (Å²) in [5, 5.41) is 7.58. The van der Waals surface area contributed by atoms with Crippen molar-refractivity contribution < 1.29 is 0 Å². The van der Waals surface area contributed by atoms with Crippen molar-refractivity contribution in [2.24, 2.45) is 0 Å². The van der Waals surface area contributed by atoms with Gasteiger partial charge in [-0.2, -0.15) is 5.10 Å². The van der Waals surface area contributed by atoms with Crippen LogP contribution in [0.1, 0.15) is 13.8 Å². The van der Waals surface area contributed by atoms with Crippen LogP contribution in [0.15, 0.2) is 18.5 Å². The molecule has 1 aromatic rings. The molecule has 4 nitrogen and oxygen atoms in total. The molecule has 0 unspecified atom stereocenters. The summed E-state index contributed by atoms with van der Waals surface area (Å²) < 4.78 is 1.96. The fourth-order valence-corrected chi connectivity index (χ4v) is 1.36. The summed E-state index contributed by atoms with van der Waals surface area (Å²) in [6.45, 7) is 8.48. The Labute approximate surface area is 92.3 Å². The van der Waals surface area contributed by atoms with Crippen LogP contribution in [-0.4, -0.2) is 47.4 Å². The molecule has 0 aliphatic carbocycles. The van der Waals surface area contributed by atoms with Crippen LogP contribution < -0.4 is 5.32 Å². The maximum Gasteiger partial charge on any atom is 0.0536 e. The molecule has 0 amide bonds. The van der Waals surface area contributed by atoms with Gasteiger partial charge in [-0.3, -0.25) is 4.68 Å². The highest BCUT2D eigenvalue weighted by Gasteiger charge is 1.99. The van der Waals surface area contributed by atoms with Crippen molar-refractivity contribution in [3.8, 4) is 0 Å². The zero-order valence-corrected chi connectivity index (χ0v) is 9.98. The van der Waals surface area contributed by atoms with Gasteiger partial charge in [0.05, 0.1) is 6.54 Å². The van der Waals surface area contributed by atoms with Crippen LogP contribution in [0.3, 0.4) is 0 Å². The van der Waals surface area contributed by atoms with Gasteiger partial charge in [-0.05, 0) is 13.1 Å². The van der Waals surface area contributed by atoms with E-state index in [-0.39, 0.29) is 0 Å². The molecule has 86 valence electrons. The molecule has 0 radical (unpaired) electrons. The zero-order chi connectivity index (χ0) is 11.1. The number of hydrogen-bond acceptors (Lipinski definition) is 3. The third kappa shape index (κ3) is 5.54. The molecule has 0 saturated heterocycles. The van der Waals surface area contributed by atoms with Crippen LogP contribution >= 0.6 is 0 Å². The van der Waals surface area contributed by atoms with Crippen molar-refractivity contribution in [3.63, 3.8) is 0 Å². The lowest BCUT2D eigenvalue weighted by Gasteiger charge is -2.17. The van der Waals surface area contributed by atoms with Crippen molar-refractivity contribution in [1.82, 2.24) is 20.0 Å². The zero-order valence-electron chi connectivity index (χ0n) is 9.98. The van der Waals surface area contributed by atoms with Gasteiger partial charge in [-0.25, -0.2) is 0 Å². The highest BCUT2D eigenvalue weighted by molar-refractivity contribution is 4.77. The minimum atomic E-state index is 0.574. The second-order valence-electron chi connectivity index (χ2n) is 4.18. The van der Waals surface area contributed by atoms with E-state index < -0.39 is 0 Å². The molecule has 0 aliphatic rings. The molecular formula is C11H22N4. The highest BCUT2D eigenvalue weighted by atomic mass is 15.3. The van der Waals surface area contributed by atoms with Crippen LogP contribution in [-0.2, 0) is 6.54 Å². The number of aromatic nitrogens is 2. The third-order valence-corrected chi connectivity index (χ3v) is 2.32. The Balaban J connectivity index is 2.06. The van der Waals surface area contributed by atoms with Gasteiger partial charge in [-0.1, -0.05) is 13.8 Å². The van der Waals surface area contributed by atoms with Crippen LogP contribution in [0.2, 0.25) is 0 Å². The largest absolute Gasteiger partial charge is 0.313 e. The topological polar surface area (TPSA) is 33.1 Å². The summed E-state index contributed by atoms with van der Waals surface area (Å²) in [6.07, 6.45) is 3.82. The molecule has 0 bridgehead atoms. The van der Waals surface area contributed by atoms with Gasteiger partial charge in [0.25, 0.3) is 0 Å². The second kappa shape index (κ2) is 6.58. The Morgan fingerprint density at radius 3 is 2.80 bits per heavy atom. The quantitative estimate of drug-likeness (QED) is 0.723. The van der Waals surface area contributed by atoms with Crippen LogP contribution in [0.5, 0.6) is 0 Å². The van der Waals surface area contributed by atoms with Gasteiger partial charge >= 0.3 is 0 Å². The number of hydrogen-bond donors (Lipinski definition) is 1. The smallest absolute Gasteiger partial charge is 0.0536 e. The number of nitrogens with one attached hydrogen (secondary N) is 1. The molecule has 0 spiro atoms. The van der Waals surface area contributed by atoms with E-state index in [1.807, 2.05) is 23.1 Å². The maximum atomic E-state index is 4.17. The van der Waals surface area contributed by atoms with Crippen molar-refractivity contribution in [3.05, 3.63) is 18.5 Å². The first-order valence-corrected chi connectivity index (χ1v) is 5.58. The van der Waals surface area contributed by atoms with Crippen molar-refractivity contribution in [1.29, 1.82) is 0 Å². The van der Waals surface area contributed by atoms with Crippen LogP contribution in [0.25, 0.3) is 0 Å². The predicted molar refractivity (Wildman–Crippen MR) is 62.9 cm³/mol. The molecule has 4 heteroatoms. The first-order valence-electron chi connectivity index (χ1n) is 5.58. The van der Waals surface area contributed by atoms with Gasteiger partial charge < -0.3 is 10.2 Å². The average molecular weight is 210 g/mol. The van der Waals surface area contributed by atoms with E-state index in [0.29, 0.717) is 6.04 Å². The van der Waals surface area contributed by atoms with E-state index in [1.54, 1.807) is 0 Å². The number of likely N-dealkylation sites (N-methyl/N-ethyl adjacent to an activating group) is 1. The van der Waals surface area contributed by atoms with Crippen molar-refractivity contribution in [2.45, 2.75) is 26.4 Å². The lowest BCUT2D eigenvalue weighted by molar-refractivity contribution is 0.307. The summed E-state index contributed by atoms with van der Waals surface area (Å²) in [7, 11) is 2.14. The minimum absolute atomic E-state index is 0.574. The lowest BCUT2D eigenvalue weighted by Crippen LogP contribution is -2.34. The van der Waals surface area contributed by atoms with Gasteiger partial charge in [0, 0.05) is 38.1 Å². The summed E-state index contributed by atoms with van der Waals surface area (Å²) in [5.74, 6) is 0. The molecule has 1 N–H and O–H groups in total. The Hall–Kier alpha value is -0.870. The van der Waals surface area contributed by atoms with Gasteiger partial charge in [0.1, 0.15) is 0 Å². The molecule has 0 fully saturated rings. The first-order chi connectivity index (χ1) is 7.18. The monoisotopic (exact) mass is 210 g/mol. The Kier molecular flexibility index (Phi) is 5.36. The second-order valence-corrected chi connectivity index (χ2v) is 4.18. The SMILES string of the molecule is CC(C)NCCN(C)CCn1cccn1. The number of nitrogens with zero attached hydrogens (tertiary/aromatic N) is 3. The predicted octanol–water partition coefficient (Wildman–Crippen LogP) is 0.813. The molecule has 1 rings (SSSR count). The van der Waals surface area contributed by atoms with E-state index in [4.69, 9.17) is 0 Å². The standard InChI is InChI=1S/C11H22N4/c1-11(2)12-6-8-14(3)9-10-15-7-4-5-13-15/h4-5,7,11-12H,6,8-10H2,1-3H3. The molecule has 0 aliphatic heterocycles. The Morgan fingerprint density at radius 2 is 2.20 bits per heavy atom. The molecular weight excluding hydrogens is 188 g/mol. The normalized spacial score (nSPS) is 11.5. The molecule has 15 heavy (non-hydrogen) atoms. The summed E-state index contributed by atoms with van der Waals surface area (Å²) >= 11 is 0. The lowest BCUT2D eigenvalue weighted by atomic mass is 10.4. The first kappa shape index (κ1) is 12.2. The Bertz CT molecular complexity index is 243. The Morgan fingerprint density at radius 1 is 1.40 bits per heavy atom. The molecule has 1 aromatic heterocycles. The summed E-state index contributed by atoms with van der Waals surface area (Å²) in [5.41, 5.74) is 0. The van der Waals surface area contributed by atoms with E-state index in [9.17, 15) is 0 Å². The fourth-order valence-electron chi connectivity index (χ4n) is 1.36. The van der Waals surface area contributed by atoms with Gasteiger partial charge in [0.2, 0.25) is 0 Å². The molecule has 1 heterocycles. The fraction of sp³-hybridized carbons (Fsp3) is 0.727. The summed E-state index contributed by atoms with van der Waals surface area (Å²) in [6, 6.07) is 2.53. The van der Waals surface area contributed by atoms with E-state index in [0.717, 1.165) is 26.2 Å². The van der Waals surface area contributed by atoms with Gasteiger partial charge in [-0.15, -0.1) is 0 Å². The third-order valence-electron chi connectivity index (χ3n) is 2.32. The minimum Gasteiger partial charge on any atom is -0.313 e. The van der Waals surface area contributed by atoms with Crippen LogP contribution in [0, 0.1) is 0 Å². The van der Waals surface area contributed by atoms with Crippen molar-refractivity contribution >= 4 is 0 Å². The van der Waals surface area contributed by atoms with E-state index >= 15 is 0 Å². The maximum absolute atomic E-state index is 4.17. The molecule has 0 saturated carbocycles. The number of rotatable bonds is 7. The van der Waals surface area contributed by atoms with E-state index in [1.165, 1.54) is 0 Å². The molecule has 0 aromatic carbocycles. The van der Waals surface area contributed by atoms with Crippen molar-refractivity contribution in [2.75, 3.05) is 26.7 Å². The summed E-state index contributed by atoms with van der Waals surface area (Å²) in [4.78, 5) is 2.32. The van der Waals surface area contributed by atoms with E-state index in [2.05, 4.69) is 36.2 Å². The molecule has 0 atom stereocenters. The van der Waals surface area contributed by atoms with Gasteiger partial charge in [0.15, 0.2) is 0 Å². The highest BCUT2D eigenvalue weighted by Crippen LogP contribution is 1.88.